The van der Waals surface area contributed by atoms with E-state index >= 15 is 0 Å². The standard InChI is InChI=1S/C28H33FN6O2S/c1-17(2)25(30-23-14-7-18(3)15-22(23)29)24-27(34(6)16-36)26(31-35(28(24)37)21-12-13-21)19-8-10-20(11-9-19)32-38-33(4)5/h7-11,14-16,21,30,32H,12-13H2,1-6H3. The van der Waals surface area contributed by atoms with Crippen LogP contribution in [0.5, 0.6) is 0 Å². The summed E-state index contributed by atoms with van der Waals surface area (Å²) in [5.74, 6) is -0.426. The molecule has 0 aliphatic heterocycles. The highest BCUT2D eigenvalue weighted by Crippen LogP contribution is 2.39. The molecule has 1 heterocycles. The molecule has 0 spiro atoms. The number of hydrogen-bond donors (Lipinski definition) is 2. The molecule has 1 fully saturated rings. The highest BCUT2D eigenvalue weighted by Gasteiger charge is 2.32. The molecule has 4 rings (SSSR count). The van der Waals surface area contributed by atoms with Crippen LogP contribution >= 0.6 is 12.1 Å². The number of nitrogens with one attached hydrogen (secondary N) is 2. The number of aryl methyl sites for hydroxylation is 1. The third-order valence-corrected chi connectivity index (χ3v) is 6.83. The van der Waals surface area contributed by atoms with E-state index in [-0.39, 0.29) is 22.9 Å². The van der Waals surface area contributed by atoms with Gasteiger partial charge in [0.2, 0.25) is 6.41 Å². The quantitative estimate of drug-likeness (QED) is 0.255. The van der Waals surface area contributed by atoms with Crippen molar-refractivity contribution in [2.75, 3.05) is 36.1 Å². The van der Waals surface area contributed by atoms with Gasteiger partial charge in [0.1, 0.15) is 11.5 Å². The fraction of sp³-hybridized carbons (Fsp3) is 0.321. The number of carbonyl (C=O) groups is 1. The monoisotopic (exact) mass is 536 g/mol. The van der Waals surface area contributed by atoms with Crippen LogP contribution < -0.4 is 20.5 Å². The fourth-order valence-electron chi connectivity index (χ4n) is 4.05. The summed E-state index contributed by atoms with van der Waals surface area (Å²) in [5.41, 5.74) is 4.71. The molecule has 0 atom stereocenters. The molecule has 1 aromatic heterocycles. The fourth-order valence-corrected chi connectivity index (χ4v) is 4.48. The average molecular weight is 537 g/mol. The molecule has 3 aromatic rings. The first-order valence-electron chi connectivity index (χ1n) is 12.4. The molecular weight excluding hydrogens is 503 g/mol. The summed E-state index contributed by atoms with van der Waals surface area (Å²) in [4.78, 5) is 27.4. The molecule has 2 N–H and O–H groups in total. The number of halogens is 1. The Hall–Kier alpha value is -3.63. The summed E-state index contributed by atoms with van der Waals surface area (Å²) in [7, 11) is 5.48. The van der Waals surface area contributed by atoms with E-state index in [0.29, 0.717) is 23.5 Å². The summed E-state index contributed by atoms with van der Waals surface area (Å²) >= 11 is 1.45. The maximum absolute atomic E-state index is 14.9. The van der Waals surface area contributed by atoms with Crippen molar-refractivity contribution in [3.05, 3.63) is 75.3 Å². The smallest absolute Gasteiger partial charge is 0.278 e. The molecule has 10 heteroatoms. The molecule has 1 aliphatic carbocycles. The van der Waals surface area contributed by atoms with Crippen LogP contribution in [0, 0.1) is 12.7 Å². The van der Waals surface area contributed by atoms with Gasteiger partial charge in [-0.15, -0.1) is 0 Å². The lowest BCUT2D eigenvalue weighted by molar-refractivity contribution is -0.107. The molecule has 1 aliphatic rings. The molecule has 0 unspecified atom stereocenters. The largest absolute Gasteiger partial charge is 0.352 e. The summed E-state index contributed by atoms with van der Waals surface area (Å²) < 4.78 is 21.6. The molecule has 1 amide bonds. The van der Waals surface area contributed by atoms with Crippen molar-refractivity contribution in [3.63, 3.8) is 0 Å². The second kappa shape index (κ2) is 11.4. The van der Waals surface area contributed by atoms with E-state index in [0.717, 1.165) is 35.2 Å². The minimum atomic E-state index is -0.426. The maximum atomic E-state index is 14.9. The SMILES string of the molecule is CC(C)=C(Nc1ccc(C)cc1F)c1c(N(C)C=O)c(-c2ccc(NSN(C)C)cc2)nn(C2CC2)c1=O. The summed E-state index contributed by atoms with van der Waals surface area (Å²) in [6.07, 6.45) is 2.36. The maximum Gasteiger partial charge on any atom is 0.278 e. The lowest BCUT2D eigenvalue weighted by Gasteiger charge is -2.24. The Morgan fingerprint density at radius 2 is 1.82 bits per heavy atom. The van der Waals surface area contributed by atoms with Crippen molar-refractivity contribution in [1.82, 2.24) is 14.1 Å². The van der Waals surface area contributed by atoms with Gasteiger partial charge >= 0.3 is 0 Å². The van der Waals surface area contributed by atoms with E-state index in [1.165, 1.54) is 27.8 Å². The Morgan fingerprint density at radius 1 is 1.13 bits per heavy atom. The zero-order valence-corrected chi connectivity index (χ0v) is 23.3. The van der Waals surface area contributed by atoms with Gasteiger partial charge in [-0.05, 0) is 77.5 Å². The molecule has 2 aromatic carbocycles. The zero-order valence-electron chi connectivity index (χ0n) is 22.5. The molecule has 0 bridgehead atoms. The van der Waals surface area contributed by atoms with Gasteiger partial charge in [0.15, 0.2) is 0 Å². The van der Waals surface area contributed by atoms with Crippen LogP contribution in [0.25, 0.3) is 17.0 Å². The van der Waals surface area contributed by atoms with Crippen molar-refractivity contribution in [2.24, 2.45) is 0 Å². The number of hydrogen-bond acceptors (Lipinski definition) is 7. The lowest BCUT2D eigenvalue weighted by atomic mass is 10.0. The zero-order chi connectivity index (χ0) is 27.6. The summed E-state index contributed by atoms with van der Waals surface area (Å²) in [5, 5.41) is 7.92. The third-order valence-electron chi connectivity index (χ3n) is 6.13. The molecular formula is C28H33FN6O2S. The first kappa shape index (κ1) is 27.4. The van der Waals surface area contributed by atoms with Crippen molar-refractivity contribution in [2.45, 2.75) is 39.7 Å². The van der Waals surface area contributed by atoms with Gasteiger partial charge in [-0.1, -0.05) is 23.8 Å². The van der Waals surface area contributed by atoms with Gasteiger partial charge < -0.3 is 14.9 Å². The van der Waals surface area contributed by atoms with Gasteiger partial charge in [-0.2, -0.15) is 5.10 Å². The Kier molecular flexibility index (Phi) is 8.23. The Labute approximate surface area is 226 Å². The molecule has 38 heavy (non-hydrogen) atoms. The van der Waals surface area contributed by atoms with E-state index in [1.807, 2.05) is 63.4 Å². The van der Waals surface area contributed by atoms with Crippen molar-refractivity contribution in [1.29, 1.82) is 0 Å². The second-order valence-corrected chi connectivity index (χ2v) is 11.0. The number of allylic oxidation sites excluding steroid dienone is 1. The van der Waals surface area contributed by atoms with Crippen molar-refractivity contribution >= 4 is 41.3 Å². The third kappa shape index (κ3) is 5.92. The van der Waals surface area contributed by atoms with E-state index in [9.17, 15) is 14.0 Å². The number of anilines is 3. The number of aromatic nitrogens is 2. The van der Waals surface area contributed by atoms with Crippen LogP contribution in [-0.2, 0) is 4.79 Å². The molecule has 1 saturated carbocycles. The van der Waals surface area contributed by atoms with Crippen molar-refractivity contribution in [3.8, 4) is 11.3 Å². The highest BCUT2D eigenvalue weighted by atomic mass is 32.2. The molecule has 8 nitrogen and oxygen atoms in total. The second-order valence-electron chi connectivity index (χ2n) is 9.84. The summed E-state index contributed by atoms with van der Waals surface area (Å²) in [6, 6.07) is 12.5. The average Bonchev–Trinajstić information content (AvgIpc) is 3.72. The van der Waals surface area contributed by atoms with E-state index < -0.39 is 5.82 Å². The normalized spacial score (nSPS) is 12.8. The van der Waals surface area contributed by atoms with Crippen LogP contribution in [-0.4, -0.2) is 41.6 Å². The number of benzene rings is 2. The Morgan fingerprint density at radius 3 is 2.37 bits per heavy atom. The number of carbonyl (C=O) groups excluding carboxylic acids is 1. The van der Waals surface area contributed by atoms with Crippen LogP contribution in [0.3, 0.4) is 0 Å². The van der Waals surface area contributed by atoms with E-state index in [4.69, 9.17) is 5.10 Å². The predicted molar refractivity (Wildman–Crippen MR) is 155 cm³/mol. The number of nitrogens with zero attached hydrogens (tertiary/aromatic N) is 4. The number of amides is 1. The van der Waals surface area contributed by atoms with Gasteiger partial charge in [0.25, 0.3) is 5.56 Å². The number of rotatable bonds is 10. The van der Waals surface area contributed by atoms with E-state index in [2.05, 4.69) is 10.0 Å². The first-order chi connectivity index (χ1) is 18.1. The van der Waals surface area contributed by atoms with Gasteiger partial charge in [0.05, 0.1) is 28.7 Å². The van der Waals surface area contributed by atoms with E-state index in [1.54, 1.807) is 19.2 Å². The van der Waals surface area contributed by atoms with Gasteiger partial charge in [-0.3, -0.25) is 9.59 Å². The van der Waals surface area contributed by atoms with Gasteiger partial charge in [-0.25, -0.2) is 13.4 Å². The van der Waals surface area contributed by atoms with Crippen LogP contribution in [0.2, 0.25) is 0 Å². The lowest BCUT2D eigenvalue weighted by Crippen LogP contribution is -2.32. The molecule has 0 saturated heterocycles. The van der Waals surface area contributed by atoms with Gasteiger partial charge in [0, 0.05) is 30.4 Å². The topological polar surface area (TPSA) is 82.5 Å². The summed E-state index contributed by atoms with van der Waals surface area (Å²) in [6.45, 7) is 5.52. The predicted octanol–water partition coefficient (Wildman–Crippen LogP) is 5.69. The molecule has 0 radical (unpaired) electrons. The van der Waals surface area contributed by atoms with Crippen molar-refractivity contribution < 1.29 is 9.18 Å². The molecule has 200 valence electrons. The Balaban J connectivity index is 1.92. The Bertz CT molecular complexity index is 1430. The highest BCUT2D eigenvalue weighted by molar-refractivity contribution is 7.98. The van der Waals surface area contributed by atoms with Crippen LogP contribution in [0.15, 0.2) is 52.8 Å². The van der Waals surface area contributed by atoms with Crippen LogP contribution in [0.4, 0.5) is 21.5 Å². The van der Waals surface area contributed by atoms with Crippen LogP contribution in [0.1, 0.15) is 43.9 Å². The minimum absolute atomic E-state index is 0.0115. The minimum Gasteiger partial charge on any atom is -0.352 e. The first-order valence-corrected chi connectivity index (χ1v) is 13.1.